The maximum Gasteiger partial charge on any atom is 0.222 e. The van der Waals surface area contributed by atoms with Gasteiger partial charge in [0.15, 0.2) is 5.78 Å². The Labute approximate surface area is 177 Å². The van der Waals surface area contributed by atoms with Crippen LogP contribution in [0.2, 0.25) is 0 Å². The summed E-state index contributed by atoms with van der Waals surface area (Å²) in [7, 11) is 1.82. The highest BCUT2D eigenvalue weighted by Crippen LogP contribution is 2.47. The van der Waals surface area contributed by atoms with Gasteiger partial charge >= 0.3 is 0 Å². The van der Waals surface area contributed by atoms with Crippen LogP contribution in [0.4, 0.5) is 0 Å². The lowest BCUT2D eigenvalue weighted by atomic mass is 9.90. The summed E-state index contributed by atoms with van der Waals surface area (Å²) in [4.78, 5) is 27.1. The van der Waals surface area contributed by atoms with Crippen molar-refractivity contribution in [1.82, 2.24) is 14.7 Å². The zero-order valence-electron chi connectivity index (χ0n) is 17.9. The number of rotatable bonds is 6. The molecule has 1 saturated carbocycles. The third-order valence-electron chi connectivity index (χ3n) is 6.17. The first-order valence-corrected chi connectivity index (χ1v) is 10.8. The quantitative estimate of drug-likeness (QED) is 0.672. The van der Waals surface area contributed by atoms with Crippen molar-refractivity contribution in [3.05, 3.63) is 41.1 Å². The third-order valence-corrected chi connectivity index (χ3v) is 6.17. The van der Waals surface area contributed by atoms with Crippen LogP contribution in [-0.2, 0) is 4.79 Å². The molecule has 1 amide bonds. The predicted octanol–water partition coefficient (Wildman–Crippen LogP) is 4.32. The molecule has 0 bridgehead atoms. The van der Waals surface area contributed by atoms with E-state index in [1.807, 2.05) is 23.9 Å². The molecule has 4 rings (SSSR count). The molecule has 6 nitrogen and oxygen atoms in total. The molecule has 1 aliphatic carbocycles. The first-order chi connectivity index (χ1) is 14.4. The van der Waals surface area contributed by atoms with Gasteiger partial charge in [-0.1, -0.05) is 12.1 Å². The Morgan fingerprint density at radius 1 is 1.23 bits per heavy atom. The monoisotopic (exact) mass is 404 g/mol. The van der Waals surface area contributed by atoms with Crippen molar-refractivity contribution in [2.75, 3.05) is 13.6 Å². The van der Waals surface area contributed by atoms with Crippen LogP contribution in [0.15, 0.2) is 24.3 Å². The van der Waals surface area contributed by atoms with E-state index in [4.69, 9.17) is 10.4 Å². The van der Waals surface area contributed by atoms with Crippen LogP contribution in [0.5, 0.6) is 0 Å². The normalized spacial score (nSPS) is 19.2. The Bertz CT molecular complexity index is 1010. The Morgan fingerprint density at radius 3 is 2.50 bits per heavy atom. The Morgan fingerprint density at radius 2 is 1.93 bits per heavy atom. The van der Waals surface area contributed by atoms with Crippen molar-refractivity contribution in [1.29, 1.82) is 5.26 Å². The second kappa shape index (κ2) is 8.06. The summed E-state index contributed by atoms with van der Waals surface area (Å²) in [5.74, 6) is 0.859. The van der Waals surface area contributed by atoms with Gasteiger partial charge in [-0.05, 0) is 57.1 Å². The number of carbonyl (C=O) groups excluding carboxylic acids is 2. The number of carbonyl (C=O) groups is 2. The number of nitriles is 1. The molecule has 1 aliphatic heterocycles. The molecule has 2 aromatic rings. The number of aromatic nitrogens is 2. The molecule has 2 heterocycles. The van der Waals surface area contributed by atoms with Gasteiger partial charge in [-0.2, -0.15) is 10.4 Å². The first kappa shape index (κ1) is 20.3. The fourth-order valence-electron chi connectivity index (χ4n) is 4.40. The number of benzene rings is 1. The van der Waals surface area contributed by atoms with Crippen LogP contribution in [-0.4, -0.2) is 40.0 Å². The number of amides is 1. The van der Waals surface area contributed by atoms with Crippen LogP contribution in [0.1, 0.15) is 79.5 Å². The van der Waals surface area contributed by atoms with Crippen molar-refractivity contribution >= 4 is 11.7 Å². The smallest absolute Gasteiger partial charge is 0.222 e. The molecule has 1 aromatic carbocycles. The van der Waals surface area contributed by atoms with E-state index >= 15 is 0 Å². The Hall–Kier alpha value is -2.94. The van der Waals surface area contributed by atoms with E-state index in [-0.39, 0.29) is 23.7 Å². The molecule has 2 fully saturated rings. The molecule has 1 aromatic heterocycles. The number of hydrogen-bond acceptors (Lipinski definition) is 4. The number of piperidine rings is 1. The van der Waals surface area contributed by atoms with Crippen molar-refractivity contribution < 1.29 is 9.59 Å². The Balaban J connectivity index is 1.71. The van der Waals surface area contributed by atoms with Crippen LogP contribution in [0.3, 0.4) is 0 Å². The number of Topliss-reactive ketones (excluding diaryl/α,β-unsaturated/α-hetero) is 1. The summed E-state index contributed by atoms with van der Waals surface area (Å²) in [6, 6.07) is 9.68. The number of nitrogens with zero attached hydrogens (tertiary/aromatic N) is 4. The second-order valence-electron chi connectivity index (χ2n) is 8.92. The standard InChI is InChI=1S/C24H28N4O2/c1-15(2)28-24(20(29)12-17-6-11-21(30)27(3)14-17)22(18-9-10-18)23(26-28)19-7-4-16(13-25)5-8-19/h4-5,7-8,15,17-18H,6,9-12,14H2,1-3H3. The van der Waals surface area contributed by atoms with Crippen molar-refractivity contribution in [3.8, 4) is 17.3 Å². The zero-order valence-corrected chi connectivity index (χ0v) is 17.9. The van der Waals surface area contributed by atoms with Crippen molar-refractivity contribution in [3.63, 3.8) is 0 Å². The van der Waals surface area contributed by atoms with Crippen LogP contribution in [0.25, 0.3) is 11.3 Å². The summed E-state index contributed by atoms with van der Waals surface area (Å²) in [5.41, 5.74) is 4.25. The molecule has 2 aliphatic rings. The van der Waals surface area contributed by atoms with E-state index in [0.717, 1.165) is 41.8 Å². The van der Waals surface area contributed by atoms with Gasteiger partial charge in [0.2, 0.25) is 5.91 Å². The lowest BCUT2D eigenvalue weighted by Crippen LogP contribution is -2.37. The molecule has 1 atom stereocenters. The minimum atomic E-state index is 0.0733. The second-order valence-corrected chi connectivity index (χ2v) is 8.92. The molecule has 0 spiro atoms. The van der Waals surface area contributed by atoms with Gasteiger partial charge < -0.3 is 4.90 Å². The summed E-state index contributed by atoms with van der Waals surface area (Å²) < 4.78 is 1.89. The van der Waals surface area contributed by atoms with Gasteiger partial charge in [0.1, 0.15) is 5.69 Å². The molecule has 1 saturated heterocycles. The van der Waals surface area contributed by atoms with Crippen molar-refractivity contribution in [2.45, 2.75) is 57.9 Å². The highest BCUT2D eigenvalue weighted by atomic mass is 16.2. The van der Waals surface area contributed by atoms with Gasteiger partial charge in [-0.3, -0.25) is 14.3 Å². The fraction of sp³-hybridized carbons (Fsp3) is 0.500. The van der Waals surface area contributed by atoms with Gasteiger partial charge in [0.25, 0.3) is 0 Å². The van der Waals surface area contributed by atoms with Crippen LogP contribution < -0.4 is 0 Å². The fourth-order valence-corrected chi connectivity index (χ4v) is 4.40. The maximum absolute atomic E-state index is 13.5. The van der Waals surface area contributed by atoms with Gasteiger partial charge in [-0.25, -0.2) is 0 Å². The highest BCUT2D eigenvalue weighted by molar-refractivity contribution is 5.98. The van der Waals surface area contributed by atoms with Crippen molar-refractivity contribution in [2.24, 2.45) is 5.92 Å². The summed E-state index contributed by atoms with van der Waals surface area (Å²) in [5, 5.41) is 14.0. The molecule has 0 radical (unpaired) electrons. The van der Waals surface area contributed by atoms with Gasteiger partial charge in [0.05, 0.1) is 17.3 Å². The summed E-state index contributed by atoms with van der Waals surface area (Å²) in [6.07, 6.45) is 3.89. The minimum Gasteiger partial charge on any atom is -0.345 e. The van der Waals surface area contributed by atoms with E-state index in [0.29, 0.717) is 30.9 Å². The summed E-state index contributed by atoms with van der Waals surface area (Å²) >= 11 is 0. The average molecular weight is 405 g/mol. The highest BCUT2D eigenvalue weighted by Gasteiger charge is 2.37. The maximum atomic E-state index is 13.5. The molecule has 0 N–H and O–H groups in total. The third kappa shape index (κ3) is 3.89. The molecular formula is C24H28N4O2. The van der Waals surface area contributed by atoms with Crippen LogP contribution in [0, 0.1) is 17.2 Å². The van der Waals surface area contributed by atoms with E-state index in [1.54, 1.807) is 17.0 Å². The minimum absolute atomic E-state index is 0.0733. The zero-order chi connectivity index (χ0) is 21.4. The number of likely N-dealkylation sites (tertiary alicyclic amines) is 1. The van der Waals surface area contributed by atoms with E-state index in [1.165, 1.54) is 0 Å². The number of ketones is 1. The van der Waals surface area contributed by atoms with Gasteiger partial charge in [0, 0.05) is 43.6 Å². The predicted molar refractivity (Wildman–Crippen MR) is 114 cm³/mol. The molecule has 6 heteroatoms. The first-order valence-electron chi connectivity index (χ1n) is 10.8. The van der Waals surface area contributed by atoms with E-state index in [2.05, 4.69) is 19.9 Å². The molecular weight excluding hydrogens is 376 g/mol. The molecule has 30 heavy (non-hydrogen) atoms. The molecule has 156 valence electrons. The topological polar surface area (TPSA) is 79.0 Å². The number of hydrogen-bond donors (Lipinski definition) is 0. The lowest BCUT2D eigenvalue weighted by Gasteiger charge is -2.29. The average Bonchev–Trinajstić information content (AvgIpc) is 3.49. The SMILES string of the molecule is CC(C)n1nc(-c2ccc(C#N)cc2)c(C2CC2)c1C(=O)CC1CCC(=O)N(C)C1. The van der Waals surface area contributed by atoms with Gasteiger partial charge in [-0.15, -0.1) is 0 Å². The lowest BCUT2D eigenvalue weighted by molar-refractivity contribution is -0.133. The van der Waals surface area contributed by atoms with Crippen LogP contribution >= 0.6 is 0 Å². The summed E-state index contributed by atoms with van der Waals surface area (Å²) in [6.45, 7) is 4.74. The Kier molecular flexibility index (Phi) is 5.46. The largest absolute Gasteiger partial charge is 0.345 e. The van der Waals surface area contributed by atoms with E-state index in [9.17, 15) is 9.59 Å². The molecule has 1 unspecified atom stereocenters. The van der Waals surface area contributed by atoms with E-state index < -0.39 is 0 Å².